The number of carboxylic acids is 1. The highest BCUT2D eigenvalue weighted by Crippen LogP contribution is 2.58. The molecule has 0 amide bonds. The quantitative estimate of drug-likeness (QED) is 0.718. The molecule has 0 saturated carbocycles. The molecule has 3 nitrogen and oxygen atoms in total. The maximum absolute atomic E-state index is 11.3. The molecule has 3 aromatic carbocycles. The van der Waals surface area contributed by atoms with Gasteiger partial charge in [-0.25, -0.2) is 0 Å². The third-order valence-corrected chi connectivity index (χ3v) is 6.51. The Morgan fingerprint density at radius 2 is 1.38 bits per heavy atom. The van der Waals surface area contributed by atoms with E-state index in [0.29, 0.717) is 5.75 Å². The Morgan fingerprint density at radius 3 is 1.92 bits per heavy atom. The van der Waals surface area contributed by atoms with Crippen LogP contribution in [0.15, 0.2) is 78.9 Å². The number of benzene rings is 3. The molecule has 1 atom stereocenters. The van der Waals surface area contributed by atoms with Gasteiger partial charge >= 0.3 is 5.97 Å². The lowest BCUT2D eigenvalue weighted by atomic mass is 9.88. The molecule has 0 bridgehead atoms. The van der Waals surface area contributed by atoms with Crippen molar-refractivity contribution in [3.63, 3.8) is 0 Å². The molecule has 0 heterocycles. The van der Waals surface area contributed by atoms with Crippen LogP contribution in [0, 0.1) is 0 Å². The van der Waals surface area contributed by atoms with Gasteiger partial charge in [-0.1, -0.05) is 78.9 Å². The SMILES string of the molecule is N[C@H](CSC1(c2ccccc2)c2ccccc2-c2ccccc21)C(=O)O. The van der Waals surface area contributed by atoms with Gasteiger partial charge in [0.05, 0.1) is 4.75 Å². The Hall–Kier alpha value is -2.56. The lowest BCUT2D eigenvalue weighted by Gasteiger charge is -2.33. The van der Waals surface area contributed by atoms with Crippen molar-refractivity contribution < 1.29 is 9.90 Å². The average Bonchev–Trinajstić information content (AvgIpc) is 2.98. The van der Waals surface area contributed by atoms with E-state index in [1.807, 2.05) is 42.5 Å². The third-order valence-electron chi connectivity index (χ3n) is 4.88. The van der Waals surface area contributed by atoms with Gasteiger partial charge in [0.15, 0.2) is 0 Å². The summed E-state index contributed by atoms with van der Waals surface area (Å²) in [6.45, 7) is 0. The van der Waals surface area contributed by atoms with Crippen molar-refractivity contribution in [2.24, 2.45) is 5.73 Å². The molecule has 0 unspecified atom stereocenters. The highest BCUT2D eigenvalue weighted by Gasteiger charge is 2.45. The van der Waals surface area contributed by atoms with E-state index >= 15 is 0 Å². The van der Waals surface area contributed by atoms with Crippen molar-refractivity contribution in [2.45, 2.75) is 10.8 Å². The van der Waals surface area contributed by atoms with Gasteiger partial charge in [0.2, 0.25) is 0 Å². The lowest BCUT2D eigenvalue weighted by Crippen LogP contribution is -2.35. The van der Waals surface area contributed by atoms with E-state index in [4.69, 9.17) is 5.73 Å². The number of hydrogen-bond acceptors (Lipinski definition) is 3. The number of rotatable bonds is 5. The van der Waals surface area contributed by atoms with Gasteiger partial charge in [0.25, 0.3) is 0 Å². The van der Waals surface area contributed by atoms with Gasteiger partial charge in [0, 0.05) is 5.75 Å². The normalized spacial score (nSPS) is 15.1. The largest absolute Gasteiger partial charge is 0.480 e. The van der Waals surface area contributed by atoms with Gasteiger partial charge in [-0.05, 0) is 27.8 Å². The zero-order chi connectivity index (χ0) is 18.1. The summed E-state index contributed by atoms with van der Waals surface area (Å²) in [5.41, 5.74) is 11.8. The number of carbonyl (C=O) groups is 1. The Balaban J connectivity index is 1.95. The van der Waals surface area contributed by atoms with Crippen molar-refractivity contribution in [1.82, 2.24) is 0 Å². The summed E-state index contributed by atoms with van der Waals surface area (Å²) in [6, 6.07) is 26.1. The van der Waals surface area contributed by atoms with E-state index in [2.05, 4.69) is 36.4 Å². The zero-order valence-electron chi connectivity index (χ0n) is 14.1. The summed E-state index contributed by atoms with van der Waals surface area (Å²) in [4.78, 5) is 11.3. The first-order valence-electron chi connectivity index (χ1n) is 8.52. The summed E-state index contributed by atoms with van der Waals surface area (Å²) in [5.74, 6) is -0.646. The fraction of sp³-hybridized carbons (Fsp3) is 0.136. The maximum atomic E-state index is 11.3. The molecule has 0 aromatic heterocycles. The minimum atomic E-state index is -0.972. The van der Waals surface area contributed by atoms with Gasteiger partial charge in [0.1, 0.15) is 6.04 Å². The van der Waals surface area contributed by atoms with Crippen LogP contribution in [0.3, 0.4) is 0 Å². The molecule has 130 valence electrons. The van der Waals surface area contributed by atoms with Crippen molar-refractivity contribution in [1.29, 1.82) is 0 Å². The standard InChI is InChI=1S/C22H19NO2S/c23-20(21(24)25)14-26-22(15-8-2-1-3-9-15)18-12-6-4-10-16(18)17-11-5-7-13-19(17)22/h1-13,20H,14,23H2,(H,24,25)/t20-/m1/s1. The molecular weight excluding hydrogens is 342 g/mol. The maximum Gasteiger partial charge on any atom is 0.321 e. The zero-order valence-corrected chi connectivity index (χ0v) is 14.9. The Kier molecular flexibility index (Phi) is 4.31. The van der Waals surface area contributed by atoms with E-state index in [0.717, 1.165) is 5.56 Å². The molecule has 1 aliphatic carbocycles. The van der Waals surface area contributed by atoms with E-state index in [1.54, 1.807) is 11.8 Å². The van der Waals surface area contributed by atoms with E-state index in [9.17, 15) is 9.90 Å². The van der Waals surface area contributed by atoms with Crippen LogP contribution >= 0.6 is 11.8 Å². The van der Waals surface area contributed by atoms with Crippen molar-refractivity contribution in [2.75, 3.05) is 5.75 Å². The third kappa shape index (κ3) is 2.54. The summed E-state index contributed by atoms with van der Waals surface area (Å²) in [6.07, 6.45) is 0. The van der Waals surface area contributed by atoms with Crippen molar-refractivity contribution in [3.8, 4) is 11.1 Å². The summed E-state index contributed by atoms with van der Waals surface area (Å²) < 4.78 is -0.457. The van der Waals surface area contributed by atoms with Crippen molar-refractivity contribution in [3.05, 3.63) is 95.6 Å². The highest BCUT2D eigenvalue weighted by molar-refractivity contribution is 8.00. The van der Waals surface area contributed by atoms with Gasteiger partial charge in [-0.3, -0.25) is 4.79 Å². The molecule has 4 rings (SSSR count). The van der Waals surface area contributed by atoms with Gasteiger partial charge in [-0.2, -0.15) is 0 Å². The topological polar surface area (TPSA) is 63.3 Å². The van der Waals surface area contributed by atoms with Crippen molar-refractivity contribution >= 4 is 17.7 Å². The van der Waals surface area contributed by atoms with E-state index < -0.39 is 16.8 Å². The van der Waals surface area contributed by atoms with Gasteiger partial charge < -0.3 is 10.8 Å². The van der Waals surface area contributed by atoms with Gasteiger partial charge in [-0.15, -0.1) is 11.8 Å². The van der Waals surface area contributed by atoms with Crippen LogP contribution in [0.2, 0.25) is 0 Å². The van der Waals surface area contributed by atoms with E-state index in [-0.39, 0.29) is 0 Å². The van der Waals surface area contributed by atoms with Crippen LogP contribution in [0.25, 0.3) is 11.1 Å². The fourth-order valence-corrected chi connectivity index (χ4v) is 5.25. The molecule has 0 spiro atoms. The molecule has 0 saturated heterocycles. The Labute approximate surface area is 156 Å². The van der Waals surface area contributed by atoms with Crippen LogP contribution < -0.4 is 5.73 Å². The molecule has 3 aromatic rings. The summed E-state index contributed by atoms with van der Waals surface area (Å²) in [7, 11) is 0. The van der Waals surface area contributed by atoms with Crippen LogP contribution in [0.5, 0.6) is 0 Å². The number of nitrogens with two attached hydrogens (primary N) is 1. The monoisotopic (exact) mass is 361 g/mol. The van der Waals surface area contributed by atoms with Crippen LogP contribution in [0.4, 0.5) is 0 Å². The van der Waals surface area contributed by atoms with E-state index in [1.165, 1.54) is 22.3 Å². The highest BCUT2D eigenvalue weighted by atomic mass is 32.2. The first kappa shape index (κ1) is 16.9. The molecule has 0 aliphatic heterocycles. The van der Waals surface area contributed by atoms with Crippen LogP contribution in [-0.2, 0) is 9.54 Å². The number of fused-ring (bicyclic) bond motifs is 3. The summed E-state index contributed by atoms with van der Waals surface area (Å²) >= 11 is 1.60. The molecule has 3 N–H and O–H groups in total. The second-order valence-electron chi connectivity index (χ2n) is 6.39. The number of carboxylic acid groups (broad SMARTS) is 1. The lowest BCUT2D eigenvalue weighted by molar-refractivity contribution is -0.137. The molecule has 4 heteroatoms. The molecular formula is C22H19NO2S. The number of hydrogen-bond donors (Lipinski definition) is 2. The minimum absolute atomic E-state index is 0.326. The predicted molar refractivity (Wildman–Crippen MR) is 106 cm³/mol. The first-order valence-corrected chi connectivity index (χ1v) is 9.50. The Morgan fingerprint density at radius 1 is 0.885 bits per heavy atom. The molecule has 1 aliphatic rings. The van der Waals surface area contributed by atoms with Crippen LogP contribution in [0.1, 0.15) is 16.7 Å². The van der Waals surface area contributed by atoms with Crippen LogP contribution in [-0.4, -0.2) is 22.9 Å². The molecule has 0 radical (unpaired) electrons. The minimum Gasteiger partial charge on any atom is -0.480 e. The second-order valence-corrected chi connectivity index (χ2v) is 7.63. The summed E-state index contributed by atoms with van der Waals surface area (Å²) in [5, 5.41) is 9.26. The number of thioether (sulfide) groups is 1. The Bertz CT molecular complexity index is 910. The smallest absolute Gasteiger partial charge is 0.321 e. The molecule has 0 fully saturated rings. The molecule has 26 heavy (non-hydrogen) atoms. The average molecular weight is 361 g/mol. The first-order chi connectivity index (χ1) is 12.6. The second kappa shape index (κ2) is 6.63. The fourth-order valence-electron chi connectivity index (χ4n) is 3.70. The number of aliphatic carboxylic acids is 1. The predicted octanol–water partition coefficient (Wildman–Crippen LogP) is 4.10.